The smallest absolute Gasteiger partial charge is 0.325 e. The Bertz CT molecular complexity index is 245. The molecule has 0 radical (unpaired) electrons. The lowest BCUT2D eigenvalue weighted by atomic mass is 10.0. The Morgan fingerprint density at radius 3 is 2.19 bits per heavy atom. The van der Waals surface area contributed by atoms with Crippen molar-refractivity contribution in [3.05, 3.63) is 0 Å². The van der Waals surface area contributed by atoms with Gasteiger partial charge in [-0.2, -0.15) is 0 Å². The highest BCUT2D eigenvalue weighted by Gasteiger charge is 2.28. The van der Waals surface area contributed by atoms with Crippen molar-refractivity contribution in [2.75, 3.05) is 13.2 Å². The van der Waals surface area contributed by atoms with Gasteiger partial charge in [-0.05, 0) is 0 Å². The van der Waals surface area contributed by atoms with Gasteiger partial charge in [-0.25, -0.2) is 0 Å². The van der Waals surface area contributed by atoms with E-state index in [0.717, 1.165) is 6.21 Å². The topological polar surface area (TPSA) is 151 Å². The maximum atomic E-state index is 10.1. The van der Waals surface area contributed by atoms with Crippen molar-refractivity contribution in [3.63, 3.8) is 0 Å². The first-order valence-electron chi connectivity index (χ1n) is 4.45. The molecular formula is C8H15NO7. The molecule has 4 atom stereocenters. The van der Waals surface area contributed by atoms with Crippen molar-refractivity contribution in [2.45, 2.75) is 24.4 Å². The van der Waals surface area contributed by atoms with E-state index in [1.807, 2.05) is 0 Å². The van der Waals surface area contributed by atoms with Crippen LogP contribution in [0.2, 0.25) is 0 Å². The maximum Gasteiger partial charge on any atom is 0.325 e. The average molecular weight is 237 g/mol. The number of aliphatic imine (C=N–C) groups is 1. The van der Waals surface area contributed by atoms with Gasteiger partial charge >= 0.3 is 5.97 Å². The molecule has 94 valence electrons. The Kier molecular flexibility index (Phi) is 6.77. The lowest BCUT2D eigenvalue weighted by molar-refractivity contribution is -0.135. The van der Waals surface area contributed by atoms with Crippen LogP contribution in [0.1, 0.15) is 0 Å². The number of aliphatic hydroxyl groups excluding tert-OH is 5. The second-order valence-electron chi connectivity index (χ2n) is 3.11. The molecule has 0 aromatic carbocycles. The first kappa shape index (κ1) is 14.9. The molecule has 0 spiro atoms. The van der Waals surface area contributed by atoms with Crippen LogP contribution in [0.4, 0.5) is 0 Å². The van der Waals surface area contributed by atoms with Crippen molar-refractivity contribution < 1.29 is 35.4 Å². The molecule has 0 fully saturated rings. The van der Waals surface area contributed by atoms with E-state index in [1.165, 1.54) is 0 Å². The molecule has 0 amide bonds. The Balaban J connectivity index is 4.21. The van der Waals surface area contributed by atoms with Gasteiger partial charge in [0.15, 0.2) is 0 Å². The standard InChI is InChI=1S/C8H15NO7/c10-3-5(12)8(16)7(15)4(11)1-9-2-6(13)14/h1,4-5,7-8,10-12,15-16H,2-3H2,(H,13,14)/t4-,5-,7-,8+/m1/s1. The normalized spacial score (nSPS) is 19.3. The van der Waals surface area contributed by atoms with Crippen LogP contribution in [0.3, 0.4) is 0 Å². The number of carboxylic acid groups (broad SMARTS) is 1. The van der Waals surface area contributed by atoms with Crippen LogP contribution in [-0.2, 0) is 4.79 Å². The molecule has 6 N–H and O–H groups in total. The highest BCUT2D eigenvalue weighted by atomic mass is 16.4. The number of hydrogen-bond acceptors (Lipinski definition) is 7. The molecule has 0 aliphatic heterocycles. The van der Waals surface area contributed by atoms with Crippen LogP contribution in [0.25, 0.3) is 0 Å². The van der Waals surface area contributed by atoms with Crippen molar-refractivity contribution in [1.82, 2.24) is 0 Å². The third kappa shape index (κ3) is 5.14. The van der Waals surface area contributed by atoms with E-state index in [2.05, 4.69) is 4.99 Å². The van der Waals surface area contributed by atoms with Crippen LogP contribution < -0.4 is 0 Å². The molecule has 0 aliphatic rings. The molecule has 16 heavy (non-hydrogen) atoms. The summed E-state index contributed by atoms with van der Waals surface area (Å²) in [4.78, 5) is 13.3. The van der Waals surface area contributed by atoms with Crippen LogP contribution in [-0.4, -0.2) is 80.4 Å². The Labute approximate surface area is 91.1 Å². The van der Waals surface area contributed by atoms with E-state index < -0.39 is 43.5 Å². The number of rotatable bonds is 7. The number of carbonyl (C=O) groups is 1. The first-order valence-corrected chi connectivity index (χ1v) is 4.45. The lowest BCUT2D eigenvalue weighted by Gasteiger charge is -2.23. The molecule has 0 aromatic heterocycles. The van der Waals surface area contributed by atoms with E-state index in [9.17, 15) is 15.0 Å². The third-order valence-corrected chi connectivity index (χ3v) is 1.77. The van der Waals surface area contributed by atoms with Gasteiger partial charge in [0, 0.05) is 6.21 Å². The van der Waals surface area contributed by atoms with Gasteiger partial charge in [0.05, 0.1) is 6.61 Å². The molecule has 8 nitrogen and oxygen atoms in total. The Morgan fingerprint density at radius 1 is 1.19 bits per heavy atom. The molecule has 0 unspecified atom stereocenters. The zero-order chi connectivity index (χ0) is 12.7. The fourth-order valence-corrected chi connectivity index (χ4v) is 0.865. The monoisotopic (exact) mass is 237 g/mol. The van der Waals surface area contributed by atoms with Gasteiger partial charge in [0.1, 0.15) is 31.0 Å². The summed E-state index contributed by atoms with van der Waals surface area (Å²) in [5.74, 6) is -1.21. The Hall–Kier alpha value is -1.06. The van der Waals surface area contributed by atoms with Crippen LogP contribution in [0.5, 0.6) is 0 Å². The van der Waals surface area contributed by atoms with Crippen molar-refractivity contribution in [1.29, 1.82) is 0 Å². The largest absolute Gasteiger partial charge is 0.480 e. The SMILES string of the molecule is O=C(O)CN=C[C@@H](O)[C@@H](O)[C@@H](O)[C@H](O)CO. The van der Waals surface area contributed by atoms with E-state index in [0.29, 0.717) is 0 Å². The molecule has 0 heterocycles. The molecule has 0 rings (SSSR count). The number of hydrogen-bond donors (Lipinski definition) is 6. The van der Waals surface area contributed by atoms with Gasteiger partial charge in [-0.1, -0.05) is 0 Å². The number of aliphatic carboxylic acids is 1. The van der Waals surface area contributed by atoms with Gasteiger partial charge in [-0.3, -0.25) is 9.79 Å². The molecular weight excluding hydrogens is 222 g/mol. The second-order valence-corrected chi connectivity index (χ2v) is 3.11. The maximum absolute atomic E-state index is 10.1. The van der Waals surface area contributed by atoms with Crippen molar-refractivity contribution in [2.24, 2.45) is 4.99 Å². The fraction of sp³-hybridized carbons (Fsp3) is 0.750. The summed E-state index contributed by atoms with van der Waals surface area (Å²) in [6, 6.07) is 0. The summed E-state index contributed by atoms with van der Waals surface area (Å²) in [7, 11) is 0. The molecule has 0 saturated carbocycles. The predicted octanol–water partition coefficient (Wildman–Crippen LogP) is -3.42. The predicted molar refractivity (Wildman–Crippen MR) is 52.1 cm³/mol. The first-order chi connectivity index (χ1) is 7.40. The van der Waals surface area contributed by atoms with Crippen LogP contribution >= 0.6 is 0 Å². The minimum Gasteiger partial charge on any atom is -0.480 e. The summed E-state index contributed by atoms with van der Waals surface area (Å²) in [6.45, 7) is -1.36. The van der Waals surface area contributed by atoms with Gasteiger partial charge in [-0.15, -0.1) is 0 Å². The van der Waals surface area contributed by atoms with Gasteiger partial charge in [0.25, 0.3) is 0 Å². The zero-order valence-corrected chi connectivity index (χ0v) is 8.34. The van der Waals surface area contributed by atoms with E-state index in [1.54, 1.807) is 0 Å². The average Bonchev–Trinajstić information content (AvgIpc) is 2.25. The molecule has 0 aliphatic carbocycles. The third-order valence-electron chi connectivity index (χ3n) is 1.77. The Morgan fingerprint density at radius 2 is 1.75 bits per heavy atom. The molecule has 8 heteroatoms. The van der Waals surface area contributed by atoms with Gasteiger partial charge in [0.2, 0.25) is 0 Å². The van der Waals surface area contributed by atoms with E-state index >= 15 is 0 Å². The van der Waals surface area contributed by atoms with E-state index in [4.69, 9.17) is 20.4 Å². The fourth-order valence-electron chi connectivity index (χ4n) is 0.865. The number of carboxylic acids is 1. The van der Waals surface area contributed by atoms with Crippen molar-refractivity contribution >= 4 is 12.2 Å². The summed E-state index contributed by atoms with van der Waals surface area (Å²) >= 11 is 0. The summed E-state index contributed by atoms with van der Waals surface area (Å²) in [5.41, 5.74) is 0. The lowest BCUT2D eigenvalue weighted by Crippen LogP contribution is -2.46. The van der Waals surface area contributed by atoms with E-state index in [-0.39, 0.29) is 0 Å². The zero-order valence-electron chi connectivity index (χ0n) is 8.34. The summed E-state index contributed by atoms with van der Waals surface area (Å²) in [6.07, 6.45) is -6.00. The number of nitrogens with zero attached hydrogens (tertiary/aromatic N) is 1. The quantitative estimate of drug-likeness (QED) is 0.252. The summed E-state index contributed by atoms with van der Waals surface area (Å²) in [5, 5.41) is 53.3. The minimum atomic E-state index is -1.76. The highest BCUT2D eigenvalue weighted by molar-refractivity contribution is 5.73. The second kappa shape index (κ2) is 7.25. The van der Waals surface area contributed by atoms with Crippen LogP contribution in [0.15, 0.2) is 4.99 Å². The summed E-state index contributed by atoms with van der Waals surface area (Å²) < 4.78 is 0. The molecule has 0 bridgehead atoms. The minimum absolute atomic E-state index is 0.581. The highest BCUT2D eigenvalue weighted by Crippen LogP contribution is 2.03. The van der Waals surface area contributed by atoms with Crippen LogP contribution in [0, 0.1) is 0 Å². The molecule has 0 saturated heterocycles. The van der Waals surface area contributed by atoms with Gasteiger partial charge < -0.3 is 30.6 Å². The van der Waals surface area contributed by atoms with Crippen molar-refractivity contribution in [3.8, 4) is 0 Å². The molecule has 0 aromatic rings. The number of aliphatic hydroxyl groups is 5.